The smallest absolute Gasteiger partial charge is 0.319 e. The molecule has 3 rings (SSSR count). The van der Waals surface area contributed by atoms with Crippen molar-refractivity contribution in [2.24, 2.45) is 27.6 Å². The highest BCUT2D eigenvalue weighted by Gasteiger charge is 2.21. The molecule has 1 aliphatic heterocycles. The number of nitrogens with zero attached hydrogens (tertiary/aromatic N) is 3. The van der Waals surface area contributed by atoms with Crippen LogP contribution in [0.3, 0.4) is 0 Å². The molecule has 0 radical (unpaired) electrons. The van der Waals surface area contributed by atoms with Crippen LogP contribution in [0.5, 0.6) is 0 Å². The van der Waals surface area contributed by atoms with E-state index < -0.39 is 0 Å². The van der Waals surface area contributed by atoms with E-state index in [2.05, 4.69) is 30.9 Å². The lowest BCUT2D eigenvalue weighted by Crippen LogP contribution is -2.41. The Labute approximate surface area is 217 Å². The highest BCUT2D eigenvalue weighted by Crippen LogP contribution is 2.25. The number of anilines is 2. The van der Waals surface area contributed by atoms with Crippen LogP contribution >= 0.6 is 0 Å². The minimum absolute atomic E-state index is 0.00258. The number of rotatable bonds is 11. The zero-order chi connectivity index (χ0) is 26.5. The number of amides is 2. The molecule has 2 aromatic carbocycles. The average Bonchev–Trinajstić information content (AvgIpc) is 2.88. The number of urea groups is 1. The number of hydrazone groups is 1. The molecule has 0 unspecified atom stereocenters. The van der Waals surface area contributed by atoms with Gasteiger partial charge >= 0.3 is 6.03 Å². The molecule has 7 N–H and O–H groups in total. The molecule has 2 atom stereocenters. The first-order valence-electron chi connectivity index (χ1n) is 12.5. The first-order valence-corrected chi connectivity index (χ1v) is 12.5. The molecule has 0 saturated carbocycles. The van der Waals surface area contributed by atoms with E-state index in [4.69, 9.17) is 11.6 Å². The molecule has 1 fully saturated rings. The molecule has 2 amide bonds. The summed E-state index contributed by atoms with van der Waals surface area (Å²) in [5.41, 5.74) is 8.50. The molecule has 0 aliphatic carbocycles. The summed E-state index contributed by atoms with van der Waals surface area (Å²) in [5.74, 6) is 5.48. The zero-order valence-corrected chi connectivity index (χ0v) is 21.2. The van der Waals surface area contributed by atoms with Crippen LogP contribution in [0.25, 0.3) is 0 Å². The molecular weight excluding hydrogens is 471 g/mol. The number of aliphatic imine (C=N–C) groups is 1. The predicted octanol–water partition coefficient (Wildman–Crippen LogP) is 4.17. The van der Waals surface area contributed by atoms with Crippen LogP contribution < -0.4 is 27.5 Å². The summed E-state index contributed by atoms with van der Waals surface area (Å²) in [6, 6.07) is 11.9. The first-order chi connectivity index (χ1) is 17.9. The molecular formula is C27H37FN8O. The van der Waals surface area contributed by atoms with E-state index in [1.54, 1.807) is 24.4 Å². The Morgan fingerprint density at radius 3 is 2.76 bits per heavy atom. The Kier molecular flexibility index (Phi) is 10.9. The molecule has 37 heavy (non-hydrogen) atoms. The van der Waals surface area contributed by atoms with Crippen LogP contribution in [0.2, 0.25) is 0 Å². The lowest BCUT2D eigenvalue weighted by atomic mass is 9.91. The summed E-state index contributed by atoms with van der Waals surface area (Å²) >= 11 is 0. The molecule has 0 bridgehead atoms. The van der Waals surface area contributed by atoms with Gasteiger partial charge in [-0.05, 0) is 81.0 Å². The fourth-order valence-electron chi connectivity index (χ4n) is 4.46. The van der Waals surface area contributed by atoms with Gasteiger partial charge in [-0.25, -0.2) is 9.18 Å². The Morgan fingerprint density at radius 2 is 2.00 bits per heavy atom. The van der Waals surface area contributed by atoms with Gasteiger partial charge in [-0.3, -0.25) is 4.99 Å². The summed E-state index contributed by atoms with van der Waals surface area (Å²) in [6.07, 6.45) is 9.95. The number of hydrogen-bond donors (Lipinski definition) is 5. The molecule has 198 valence electrons. The van der Waals surface area contributed by atoms with Gasteiger partial charge in [0.2, 0.25) is 0 Å². The normalized spacial score (nSPS) is 17.4. The van der Waals surface area contributed by atoms with E-state index in [0.29, 0.717) is 23.0 Å². The van der Waals surface area contributed by atoms with Crippen molar-refractivity contribution in [2.45, 2.75) is 38.6 Å². The van der Waals surface area contributed by atoms with Gasteiger partial charge in [0.1, 0.15) is 5.82 Å². The molecule has 10 heteroatoms. The van der Waals surface area contributed by atoms with Gasteiger partial charge in [0.05, 0.1) is 11.9 Å². The molecule has 1 heterocycles. The van der Waals surface area contributed by atoms with Crippen LogP contribution in [0.4, 0.5) is 26.2 Å². The lowest BCUT2D eigenvalue weighted by molar-refractivity contribution is 0.168. The van der Waals surface area contributed by atoms with Crippen molar-refractivity contribution in [3.8, 4) is 0 Å². The number of hydrogen-bond acceptors (Lipinski definition) is 7. The minimum atomic E-state index is -0.287. The van der Waals surface area contributed by atoms with Gasteiger partial charge in [0.15, 0.2) is 0 Å². The van der Waals surface area contributed by atoms with Crippen molar-refractivity contribution in [2.75, 3.05) is 30.3 Å². The summed E-state index contributed by atoms with van der Waals surface area (Å²) < 4.78 is 13.2. The molecule has 1 aliphatic rings. The third kappa shape index (κ3) is 9.92. The number of nitrogens with two attached hydrogens (primary N) is 2. The third-order valence-corrected chi connectivity index (χ3v) is 6.19. The second-order valence-electron chi connectivity index (χ2n) is 9.28. The molecule has 1 saturated heterocycles. The number of carbonyl (C=O) groups excluding carboxylic acids is 1. The number of benzene rings is 2. The number of halogens is 1. The van der Waals surface area contributed by atoms with Crippen molar-refractivity contribution in [1.29, 1.82) is 0 Å². The summed E-state index contributed by atoms with van der Waals surface area (Å²) in [6.45, 7) is 5.00. The Morgan fingerprint density at radius 1 is 1.22 bits per heavy atom. The fraction of sp³-hybridized carbons (Fsp3) is 0.370. The highest BCUT2D eigenvalue weighted by atomic mass is 19.1. The first kappa shape index (κ1) is 27.7. The lowest BCUT2D eigenvalue weighted by Gasteiger charge is -2.33. The second-order valence-corrected chi connectivity index (χ2v) is 9.28. The quantitative estimate of drug-likeness (QED) is 0.177. The van der Waals surface area contributed by atoms with E-state index >= 15 is 0 Å². The number of nitrogens with one attached hydrogen (secondary N) is 3. The van der Waals surface area contributed by atoms with Crippen LogP contribution in [0.15, 0.2) is 65.0 Å². The maximum Gasteiger partial charge on any atom is 0.319 e. The van der Waals surface area contributed by atoms with E-state index in [1.165, 1.54) is 42.7 Å². The maximum absolute atomic E-state index is 13.2. The van der Waals surface area contributed by atoms with Crippen LogP contribution in [0, 0.1) is 11.7 Å². The largest absolute Gasteiger partial charge is 0.403 e. The van der Waals surface area contributed by atoms with Gasteiger partial charge in [0.25, 0.3) is 0 Å². The number of likely N-dealkylation sites (tertiary alicyclic amines) is 1. The van der Waals surface area contributed by atoms with Gasteiger partial charge in [0, 0.05) is 49.1 Å². The Balaban J connectivity index is 1.48. The number of carbonyl (C=O) groups is 1. The Hall–Kier alpha value is -3.92. The van der Waals surface area contributed by atoms with Crippen molar-refractivity contribution in [1.82, 2.24) is 10.2 Å². The zero-order valence-electron chi connectivity index (χ0n) is 21.2. The van der Waals surface area contributed by atoms with Gasteiger partial charge in [-0.15, -0.1) is 0 Å². The topological polar surface area (TPSA) is 133 Å². The maximum atomic E-state index is 13.2. The standard InChI is InChI=1S/C27H37FN8O/c1-20(8-14-36-13-2-3-22(19-36)15-21-4-6-23(28)7-5-21)34-27(37)35-26-17-24(31-10-9-29)16-25(18-26)32-11-12-33-30/h4-7,9-12,16-18,20,22,31H,2-3,8,13-15,19,29-30H2,1H3,(H2,34,35,37)/b10-9-,32-11?,33-12?/t20-,22+/m1/s1. The highest BCUT2D eigenvalue weighted by molar-refractivity contribution is 6.16. The molecule has 2 aromatic rings. The monoisotopic (exact) mass is 508 g/mol. The van der Waals surface area contributed by atoms with E-state index in [-0.39, 0.29) is 17.9 Å². The van der Waals surface area contributed by atoms with Crippen molar-refractivity contribution in [3.05, 3.63) is 66.2 Å². The van der Waals surface area contributed by atoms with Crippen LogP contribution in [0.1, 0.15) is 31.7 Å². The minimum Gasteiger partial charge on any atom is -0.403 e. The van der Waals surface area contributed by atoms with Gasteiger partial charge in [-0.1, -0.05) is 12.1 Å². The van der Waals surface area contributed by atoms with E-state index in [1.807, 2.05) is 19.1 Å². The van der Waals surface area contributed by atoms with Gasteiger partial charge < -0.3 is 32.4 Å². The van der Waals surface area contributed by atoms with Gasteiger partial charge in [-0.2, -0.15) is 5.10 Å². The second kappa shape index (κ2) is 14.6. The fourth-order valence-corrected chi connectivity index (χ4v) is 4.46. The number of piperidine rings is 1. The van der Waals surface area contributed by atoms with Crippen LogP contribution in [-0.4, -0.2) is 49.0 Å². The SMILES string of the molecule is C[C@H](CCN1CCC[C@@H](Cc2ccc(F)cc2)C1)NC(=O)Nc1cc(N=CC=NN)cc(N/C=C\N)c1. The van der Waals surface area contributed by atoms with Crippen molar-refractivity contribution in [3.63, 3.8) is 0 Å². The Bertz CT molecular complexity index is 1090. The molecule has 9 nitrogen and oxygen atoms in total. The van der Waals surface area contributed by atoms with Crippen molar-refractivity contribution < 1.29 is 9.18 Å². The van der Waals surface area contributed by atoms with E-state index in [0.717, 1.165) is 38.9 Å². The predicted molar refractivity (Wildman–Crippen MR) is 150 cm³/mol. The van der Waals surface area contributed by atoms with Crippen molar-refractivity contribution >= 4 is 35.5 Å². The summed E-state index contributed by atoms with van der Waals surface area (Å²) in [5, 5.41) is 12.3. The van der Waals surface area contributed by atoms with Crippen LogP contribution in [-0.2, 0) is 6.42 Å². The average molecular weight is 509 g/mol. The summed E-state index contributed by atoms with van der Waals surface area (Å²) in [4.78, 5) is 19.4. The third-order valence-electron chi connectivity index (χ3n) is 6.19. The molecule has 0 spiro atoms. The molecule has 0 aromatic heterocycles. The van der Waals surface area contributed by atoms with E-state index in [9.17, 15) is 9.18 Å². The summed E-state index contributed by atoms with van der Waals surface area (Å²) in [7, 11) is 0.